The molecular weight excluding hydrogens is 340 g/mol. The predicted molar refractivity (Wildman–Crippen MR) is 121 cm³/mol. The second-order valence-electron chi connectivity index (χ2n) is 6.87. The van der Waals surface area contributed by atoms with Crippen LogP contribution in [0, 0.1) is 0 Å². The summed E-state index contributed by atoms with van der Waals surface area (Å²) in [7, 11) is 0. The van der Waals surface area contributed by atoms with Crippen molar-refractivity contribution in [3.63, 3.8) is 0 Å². The number of benzene rings is 3. The molecule has 0 aliphatic rings. The van der Waals surface area contributed by atoms with Gasteiger partial charge in [-0.25, -0.2) is 0 Å². The molecule has 0 saturated carbocycles. The van der Waals surface area contributed by atoms with Gasteiger partial charge in [0.05, 0.1) is 11.0 Å². The molecule has 134 valence electrons. The van der Waals surface area contributed by atoms with E-state index in [-0.39, 0.29) is 0 Å². The van der Waals surface area contributed by atoms with Gasteiger partial charge in [-0.15, -0.1) is 0 Å². The monoisotopic (exact) mass is 360 g/mol. The van der Waals surface area contributed by atoms with Crippen LogP contribution >= 0.6 is 0 Å². The Hall–Kier alpha value is -3.78. The van der Waals surface area contributed by atoms with Crippen LogP contribution < -0.4 is 0 Å². The third kappa shape index (κ3) is 3.17. The van der Waals surface area contributed by atoms with Gasteiger partial charge in [0.15, 0.2) is 0 Å². The van der Waals surface area contributed by atoms with Gasteiger partial charge in [-0.1, -0.05) is 54.6 Å². The SMILES string of the molecule is C(=C/n1ccc2ccccc21)/c1cccc(/C=C\n2ccc3ccccc32)c1. The van der Waals surface area contributed by atoms with Gasteiger partial charge >= 0.3 is 0 Å². The molecule has 0 saturated heterocycles. The third-order valence-corrected chi connectivity index (χ3v) is 5.03. The number of hydrogen-bond acceptors (Lipinski definition) is 0. The molecule has 2 nitrogen and oxygen atoms in total. The largest absolute Gasteiger partial charge is 0.323 e. The quantitative estimate of drug-likeness (QED) is 0.332. The Morgan fingerprint density at radius 3 is 1.54 bits per heavy atom. The van der Waals surface area contributed by atoms with Crippen molar-refractivity contribution in [2.45, 2.75) is 0 Å². The molecule has 0 N–H and O–H groups in total. The minimum atomic E-state index is 1.18. The maximum Gasteiger partial charge on any atom is 0.0522 e. The van der Waals surface area contributed by atoms with Gasteiger partial charge in [0.25, 0.3) is 0 Å². The van der Waals surface area contributed by atoms with Crippen molar-refractivity contribution in [1.29, 1.82) is 0 Å². The van der Waals surface area contributed by atoms with Gasteiger partial charge in [0, 0.05) is 24.8 Å². The lowest BCUT2D eigenvalue weighted by atomic mass is 10.1. The molecule has 2 heterocycles. The summed E-state index contributed by atoms with van der Waals surface area (Å²) in [6.07, 6.45) is 12.7. The lowest BCUT2D eigenvalue weighted by Crippen LogP contribution is -1.84. The normalized spacial score (nSPS) is 12.0. The highest BCUT2D eigenvalue weighted by molar-refractivity contribution is 5.84. The fraction of sp³-hybridized carbons (Fsp3) is 0. The zero-order valence-electron chi connectivity index (χ0n) is 15.4. The molecule has 0 radical (unpaired) electrons. The van der Waals surface area contributed by atoms with Gasteiger partial charge in [0.2, 0.25) is 0 Å². The van der Waals surface area contributed by atoms with Gasteiger partial charge in [0.1, 0.15) is 0 Å². The van der Waals surface area contributed by atoms with Crippen LogP contribution in [0.2, 0.25) is 0 Å². The predicted octanol–water partition coefficient (Wildman–Crippen LogP) is 6.85. The van der Waals surface area contributed by atoms with E-state index in [1.165, 1.54) is 32.9 Å². The van der Waals surface area contributed by atoms with Crippen LogP contribution in [-0.4, -0.2) is 9.13 Å². The maximum atomic E-state index is 2.20. The number of nitrogens with zero attached hydrogens (tertiary/aromatic N) is 2. The van der Waals surface area contributed by atoms with E-state index in [1.807, 2.05) is 0 Å². The summed E-state index contributed by atoms with van der Waals surface area (Å²) in [5.41, 5.74) is 4.79. The summed E-state index contributed by atoms with van der Waals surface area (Å²) in [5.74, 6) is 0. The average Bonchev–Trinajstić information content (AvgIpc) is 3.35. The summed E-state index contributed by atoms with van der Waals surface area (Å²) in [6.45, 7) is 0. The van der Waals surface area contributed by atoms with E-state index >= 15 is 0 Å². The highest BCUT2D eigenvalue weighted by Gasteiger charge is 1.98. The minimum absolute atomic E-state index is 1.18. The first-order valence-corrected chi connectivity index (χ1v) is 9.44. The Bertz CT molecular complexity index is 1220. The van der Waals surface area contributed by atoms with Crippen molar-refractivity contribution in [1.82, 2.24) is 9.13 Å². The molecule has 0 aliphatic carbocycles. The summed E-state index contributed by atoms with van der Waals surface area (Å²) in [4.78, 5) is 0. The number of hydrogen-bond donors (Lipinski definition) is 0. The summed E-state index contributed by atoms with van der Waals surface area (Å²) >= 11 is 0. The Labute approximate surface area is 164 Å². The molecular formula is C26H20N2. The van der Waals surface area contributed by atoms with Crippen molar-refractivity contribution < 1.29 is 0 Å². The molecule has 0 bridgehead atoms. The van der Waals surface area contributed by atoms with E-state index in [0.717, 1.165) is 0 Å². The molecule has 0 atom stereocenters. The van der Waals surface area contributed by atoms with Crippen LogP contribution in [0.3, 0.4) is 0 Å². The number of rotatable bonds is 4. The van der Waals surface area contributed by atoms with Crippen molar-refractivity contribution >= 4 is 46.4 Å². The minimum Gasteiger partial charge on any atom is -0.323 e. The van der Waals surface area contributed by atoms with Crippen molar-refractivity contribution in [2.24, 2.45) is 0 Å². The fourth-order valence-corrected chi connectivity index (χ4v) is 3.57. The topological polar surface area (TPSA) is 9.86 Å². The summed E-state index contributed by atoms with van der Waals surface area (Å²) in [6, 6.07) is 29.7. The van der Waals surface area contributed by atoms with E-state index in [4.69, 9.17) is 0 Å². The maximum absolute atomic E-state index is 2.20. The third-order valence-electron chi connectivity index (χ3n) is 5.03. The first-order chi connectivity index (χ1) is 13.9. The number of fused-ring (bicyclic) bond motifs is 2. The Kier molecular flexibility index (Phi) is 4.15. The van der Waals surface area contributed by atoms with Crippen LogP contribution in [0.4, 0.5) is 0 Å². The van der Waals surface area contributed by atoms with E-state index in [1.54, 1.807) is 0 Å². The van der Waals surface area contributed by atoms with Crippen LogP contribution in [0.25, 0.3) is 46.4 Å². The van der Waals surface area contributed by atoms with Gasteiger partial charge in [-0.2, -0.15) is 0 Å². The molecule has 0 spiro atoms. The second-order valence-corrected chi connectivity index (χ2v) is 6.87. The molecule has 0 amide bonds. The lowest BCUT2D eigenvalue weighted by Gasteiger charge is -2.01. The zero-order chi connectivity index (χ0) is 18.8. The molecule has 0 aliphatic heterocycles. The standard InChI is InChI=1S/C26H20N2/c1-3-10-25-23(8-1)14-18-27(25)16-12-21-6-5-7-22(20-21)13-17-28-19-15-24-9-2-4-11-26(24)28/h1-20H/b16-12-,17-13-. The first kappa shape index (κ1) is 16.4. The average molecular weight is 360 g/mol. The van der Waals surface area contributed by atoms with E-state index in [9.17, 15) is 0 Å². The highest BCUT2D eigenvalue weighted by Crippen LogP contribution is 2.18. The van der Waals surface area contributed by atoms with E-state index < -0.39 is 0 Å². The van der Waals surface area contributed by atoms with Gasteiger partial charge in [-0.3, -0.25) is 0 Å². The van der Waals surface area contributed by atoms with Crippen LogP contribution in [-0.2, 0) is 0 Å². The van der Waals surface area contributed by atoms with Crippen molar-refractivity contribution in [3.8, 4) is 0 Å². The molecule has 5 aromatic rings. The fourth-order valence-electron chi connectivity index (χ4n) is 3.57. The van der Waals surface area contributed by atoms with Gasteiger partial charge in [-0.05, 0) is 64.4 Å². The zero-order valence-corrected chi connectivity index (χ0v) is 15.4. The molecule has 0 fully saturated rings. The number of aromatic nitrogens is 2. The lowest BCUT2D eigenvalue weighted by molar-refractivity contribution is 1.23. The Balaban J connectivity index is 1.40. The molecule has 0 unspecified atom stereocenters. The second kappa shape index (κ2) is 7.09. The van der Waals surface area contributed by atoms with Crippen LogP contribution in [0.15, 0.2) is 97.3 Å². The molecule has 28 heavy (non-hydrogen) atoms. The number of para-hydroxylation sites is 2. The van der Waals surface area contributed by atoms with Crippen molar-refractivity contribution in [2.75, 3.05) is 0 Å². The van der Waals surface area contributed by atoms with Crippen LogP contribution in [0.1, 0.15) is 11.1 Å². The highest BCUT2D eigenvalue weighted by atomic mass is 14.9. The van der Waals surface area contributed by atoms with E-state index in [2.05, 4.69) is 131 Å². The van der Waals surface area contributed by atoms with Crippen molar-refractivity contribution in [3.05, 3.63) is 108 Å². The summed E-state index contributed by atoms with van der Waals surface area (Å²) < 4.78 is 4.31. The molecule has 2 heteroatoms. The smallest absolute Gasteiger partial charge is 0.0522 e. The summed E-state index contributed by atoms with van der Waals surface area (Å²) in [5, 5.41) is 2.51. The van der Waals surface area contributed by atoms with Crippen LogP contribution in [0.5, 0.6) is 0 Å². The van der Waals surface area contributed by atoms with E-state index in [0.29, 0.717) is 0 Å². The first-order valence-electron chi connectivity index (χ1n) is 9.44. The molecule has 2 aromatic heterocycles. The van der Waals surface area contributed by atoms with Gasteiger partial charge < -0.3 is 9.13 Å². The molecule has 5 rings (SSSR count). The Morgan fingerprint density at radius 2 is 1.00 bits per heavy atom. The Morgan fingerprint density at radius 1 is 0.500 bits per heavy atom. The molecule has 3 aromatic carbocycles.